The van der Waals surface area contributed by atoms with E-state index >= 15 is 0 Å². The smallest absolute Gasteiger partial charge is 0.415 e. The Kier molecular flexibility index (Phi) is 3.95. The molecular weight excluding hydrogens is 182 g/mol. The van der Waals surface area contributed by atoms with E-state index in [4.69, 9.17) is 9.47 Å². The molecule has 1 amide bonds. The van der Waals surface area contributed by atoms with Crippen LogP contribution in [0.25, 0.3) is 0 Å². The van der Waals surface area contributed by atoms with Gasteiger partial charge in [0, 0.05) is 19.0 Å². The van der Waals surface area contributed by atoms with Crippen LogP contribution in [0.1, 0.15) is 13.8 Å². The second kappa shape index (κ2) is 5.00. The highest BCUT2D eigenvalue weighted by atomic mass is 16.6. The molecule has 0 saturated carbocycles. The summed E-state index contributed by atoms with van der Waals surface area (Å²) in [6.07, 6.45) is -0.313. The number of ether oxygens (including phenoxy) is 2. The number of carbonyl (C=O) groups is 1. The van der Waals surface area contributed by atoms with Crippen molar-refractivity contribution in [1.29, 1.82) is 0 Å². The number of morpholine rings is 1. The summed E-state index contributed by atoms with van der Waals surface area (Å²) < 4.78 is 10.2. The molecule has 1 aliphatic heterocycles. The summed E-state index contributed by atoms with van der Waals surface area (Å²) in [5, 5.41) is 0. The van der Waals surface area contributed by atoms with Crippen molar-refractivity contribution in [3.8, 4) is 0 Å². The molecule has 0 unspecified atom stereocenters. The molecule has 1 saturated heterocycles. The van der Waals surface area contributed by atoms with E-state index in [1.807, 2.05) is 13.8 Å². The Balaban J connectivity index is 2.37. The van der Waals surface area contributed by atoms with Crippen molar-refractivity contribution in [2.24, 2.45) is 5.92 Å². The highest BCUT2D eigenvalue weighted by Gasteiger charge is 2.19. The van der Waals surface area contributed by atoms with Crippen molar-refractivity contribution in [1.82, 2.24) is 4.90 Å². The third kappa shape index (κ3) is 3.03. The molecule has 0 aliphatic carbocycles. The van der Waals surface area contributed by atoms with E-state index in [0.29, 0.717) is 32.1 Å². The van der Waals surface area contributed by atoms with Gasteiger partial charge in [0.05, 0.1) is 13.2 Å². The number of amides is 1. The predicted octanol–water partition coefficient (Wildman–Crippen LogP) is 1.62. The molecule has 0 N–H and O–H groups in total. The summed E-state index contributed by atoms with van der Waals surface area (Å²) in [7, 11) is 0. The summed E-state index contributed by atoms with van der Waals surface area (Å²) in [4.78, 5) is 13.1. The molecule has 0 atom stereocenters. The largest absolute Gasteiger partial charge is 0.415 e. The first-order chi connectivity index (χ1) is 6.61. The molecule has 0 aromatic rings. The van der Waals surface area contributed by atoms with Crippen LogP contribution in [0.4, 0.5) is 4.79 Å². The highest BCUT2D eigenvalue weighted by Crippen LogP contribution is 2.11. The van der Waals surface area contributed by atoms with Gasteiger partial charge in [-0.1, -0.05) is 20.4 Å². The Hall–Kier alpha value is -1.03. The molecule has 4 heteroatoms. The SMILES string of the molecule is C=C(OC(=O)N1CCOCC1)C(C)C. The van der Waals surface area contributed by atoms with E-state index in [1.165, 1.54) is 0 Å². The lowest BCUT2D eigenvalue weighted by Gasteiger charge is -2.26. The van der Waals surface area contributed by atoms with Crippen LogP contribution in [-0.4, -0.2) is 37.3 Å². The maximum Gasteiger partial charge on any atom is 0.415 e. The fraction of sp³-hybridized carbons (Fsp3) is 0.700. The third-order valence-corrected chi connectivity index (χ3v) is 2.13. The number of nitrogens with zero attached hydrogens (tertiary/aromatic N) is 1. The molecule has 0 radical (unpaired) electrons. The van der Waals surface area contributed by atoms with E-state index in [-0.39, 0.29) is 12.0 Å². The quantitative estimate of drug-likeness (QED) is 0.634. The van der Waals surface area contributed by atoms with Crippen molar-refractivity contribution >= 4 is 6.09 Å². The fourth-order valence-electron chi connectivity index (χ4n) is 1.04. The van der Waals surface area contributed by atoms with Gasteiger partial charge in [0.2, 0.25) is 0 Å². The van der Waals surface area contributed by atoms with Gasteiger partial charge in [-0.2, -0.15) is 0 Å². The van der Waals surface area contributed by atoms with Crippen LogP contribution < -0.4 is 0 Å². The van der Waals surface area contributed by atoms with Crippen LogP contribution in [0.15, 0.2) is 12.3 Å². The molecule has 1 aliphatic rings. The zero-order valence-electron chi connectivity index (χ0n) is 8.78. The van der Waals surface area contributed by atoms with E-state index < -0.39 is 0 Å². The first kappa shape index (κ1) is 11.0. The highest BCUT2D eigenvalue weighted by molar-refractivity contribution is 5.68. The number of rotatable bonds is 2. The van der Waals surface area contributed by atoms with Gasteiger partial charge in [-0.15, -0.1) is 0 Å². The van der Waals surface area contributed by atoms with E-state index in [2.05, 4.69) is 6.58 Å². The molecule has 4 nitrogen and oxygen atoms in total. The normalized spacial score (nSPS) is 16.9. The number of hydrogen-bond acceptors (Lipinski definition) is 3. The maximum absolute atomic E-state index is 11.5. The van der Waals surface area contributed by atoms with Crippen LogP contribution in [0, 0.1) is 5.92 Å². The first-order valence-corrected chi connectivity index (χ1v) is 4.84. The molecule has 14 heavy (non-hydrogen) atoms. The Morgan fingerprint density at radius 2 is 2.00 bits per heavy atom. The molecule has 0 spiro atoms. The van der Waals surface area contributed by atoms with E-state index in [9.17, 15) is 4.79 Å². The maximum atomic E-state index is 11.5. The number of hydrogen-bond donors (Lipinski definition) is 0. The second-order valence-electron chi connectivity index (χ2n) is 3.59. The van der Waals surface area contributed by atoms with Crippen molar-refractivity contribution in [3.05, 3.63) is 12.3 Å². The average Bonchev–Trinajstić information content (AvgIpc) is 2.19. The third-order valence-electron chi connectivity index (χ3n) is 2.13. The van der Waals surface area contributed by atoms with Crippen molar-refractivity contribution in [2.75, 3.05) is 26.3 Å². The van der Waals surface area contributed by atoms with Crippen molar-refractivity contribution in [3.63, 3.8) is 0 Å². The number of allylic oxidation sites excluding steroid dienone is 1. The summed E-state index contributed by atoms with van der Waals surface area (Å²) in [5.41, 5.74) is 0. The molecule has 80 valence electrons. The molecular formula is C10H17NO3. The fourth-order valence-corrected chi connectivity index (χ4v) is 1.04. The minimum Gasteiger partial charge on any atom is -0.415 e. The first-order valence-electron chi connectivity index (χ1n) is 4.84. The minimum absolute atomic E-state index is 0.167. The van der Waals surface area contributed by atoms with E-state index in [1.54, 1.807) is 4.90 Å². The Labute approximate surface area is 84.5 Å². The van der Waals surface area contributed by atoms with Gasteiger partial charge < -0.3 is 14.4 Å². The molecule has 1 fully saturated rings. The van der Waals surface area contributed by atoms with Crippen LogP contribution >= 0.6 is 0 Å². The van der Waals surface area contributed by atoms with Crippen LogP contribution in [0.5, 0.6) is 0 Å². The van der Waals surface area contributed by atoms with Crippen molar-refractivity contribution in [2.45, 2.75) is 13.8 Å². The Morgan fingerprint density at radius 1 is 1.43 bits per heavy atom. The van der Waals surface area contributed by atoms with Crippen LogP contribution in [0.2, 0.25) is 0 Å². The average molecular weight is 199 g/mol. The summed E-state index contributed by atoms with van der Waals surface area (Å²) in [6.45, 7) is 9.94. The topological polar surface area (TPSA) is 38.8 Å². The number of carbonyl (C=O) groups excluding carboxylic acids is 1. The Morgan fingerprint density at radius 3 is 2.50 bits per heavy atom. The summed E-state index contributed by atoms with van der Waals surface area (Å²) >= 11 is 0. The van der Waals surface area contributed by atoms with Gasteiger partial charge in [-0.3, -0.25) is 0 Å². The lowest BCUT2D eigenvalue weighted by molar-refractivity contribution is 0.0334. The van der Waals surface area contributed by atoms with Crippen molar-refractivity contribution < 1.29 is 14.3 Å². The summed E-state index contributed by atoms with van der Waals surface area (Å²) in [5.74, 6) is 0.682. The zero-order valence-corrected chi connectivity index (χ0v) is 8.78. The summed E-state index contributed by atoms with van der Waals surface area (Å²) in [6, 6.07) is 0. The van der Waals surface area contributed by atoms with Gasteiger partial charge in [0.25, 0.3) is 0 Å². The molecule has 1 rings (SSSR count). The molecule has 0 aromatic heterocycles. The minimum atomic E-state index is -0.313. The van der Waals surface area contributed by atoms with Gasteiger partial charge >= 0.3 is 6.09 Å². The van der Waals surface area contributed by atoms with Crippen LogP contribution in [-0.2, 0) is 9.47 Å². The second-order valence-corrected chi connectivity index (χ2v) is 3.59. The molecule has 1 heterocycles. The van der Waals surface area contributed by atoms with Gasteiger partial charge in [0.15, 0.2) is 0 Å². The lowest BCUT2D eigenvalue weighted by atomic mass is 10.2. The Bertz CT molecular complexity index is 219. The predicted molar refractivity (Wildman–Crippen MR) is 52.9 cm³/mol. The van der Waals surface area contributed by atoms with Gasteiger partial charge in [-0.05, 0) is 0 Å². The standard InChI is InChI=1S/C10H17NO3/c1-8(2)9(3)14-10(12)11-4-6-13-7-5-11/h8H,3-7H2,1-2H3. The van der Waals surface area contributed by atoms with Gasteiger partial charge in [0.1, 0.15) is 5.76 Å². The molecule has 0 bridgehead atoms. The lowest BCUT2D eigenvalue weighted by Crippen LogP contribution is -2.41. The van der Waals surface area contributed by atoms with Gasteiger partial charge in [-0.25, -0.2) is 4.79 Å². The van der Waals surface area contributed by atoms with E-state index in [0.717, 1.165) is 0 Å². The zero-order chi connectivity index (χ0) is 10.6. The molecule has 0 aromatic carbocycles. The van der Waals surface area contributed by atoms with Crippen LogP contribution in [0.3, 0.4) is 0 Å². The monoisotopic (exact) mass is 199 g/mol.